The van der Waals surface area contributed by atoms with Crippen molar-refractivity contribution >= 4 is 23.0 Å². The minimum absolute atomic E-state index is 0.0313. The first-order valence-corrected chi connectivity index (χ1v) is 3.12. The third-order valence-corrected chi connectivity index (χ3v) is 1.45. The van der Waals surface area contributed by atoms with Crippen LogP contribution in [0.1, 0.15) is 0 Å². The lowest BCUT2D eigenvalue weighted by Gasteiger charge is -1.92. The Hall–Kier alpha value is -1.29. The van der Waals surface area contributed by atoms with Crippen LogP contribution in [-0.4, -0.2) is 0 Å². The summed E-state index contributed by atoms with van der Waals surface area (Å²) in [4.78, 5) is 20.0. The molecule has 0 aliphatic carbocycles. The molecule has 0 saturated carbocycles. The summed E-state index contributed by atoms with van der Waals surface area (Å²) in [5.41, 5.74) is 0.174. The molecule has 1 rings (SSSR count). The van der Waals surface area contributed by atoms with Gasteiger partial charge in [0.1, 0.15) is 11.4 Å². The second kappa shape index (κ2) is 3.21. The van der Waals surface area contributed by atoms with Gasteiger partial charge in [0.15, 0.2) is 0 Å². The molecule has 0 radical (unpaired) electrons. The smallest absolute Gasteiger partial charge is 0.128 e. The number of nitrogens with zero attached hydrogens (tertiary/aromatic N) is 2. The lowest BCUT2D eigenvalue weighted by atomic mass is 10.3. The van der Waals surface area contributed by atoms with Crippen LogP contribution in [0.4, 0.5) is 11.4 Å². The van der Waals surface area contributed by atoms with Crippen LogP contribution >= 0.6 is 11.6 Å². The molecule has 1 aromatic rings. The first-order chi connectivity index (χ1) is 5.27. The highest BCUT2D eigenvalue weighted by Gasteiger charge is 2.01. The average molecular weight is 171 g/mol. The predicted octanol–water partition coefficient (Wildman–Crippen LogP) is 3.14. The molecule has 4 nitrogen and oxygen atoms in total. The molecule has 0 unspecified atom stereocenters. The van der Waals surface area contributed by atoms with Crippen LogP contribution in [-0.2, 0) is 0 Å². The van der Waals surface area contributed by atoms with Gasteiger partial charge in [-0.15, -0.1) is 9.81 Å². The van der Waals surface area contributed by atoms with Crippen LogP contribution in [0.15, 0.2) is 28.6 Å². The highest BCUT2D eigenvalue weighted by Crippen LogP contribution is 2.28. The summed E-state index contributed by atoms with van der Waals surface area (Å²) >= 11 is 5.52. The van der Waals surface area contributed by atoms with E-state index in [0.717, 1.165) is 0 Å². The van der Waals surface area contributed by atoms with Gasteiger partial charge in [-0.1, -0.05) is 11.6 Å². The Morgan fingerprint density at radius 3 is 2.45 bits per heavy atom. The van der Waals surface area contributed by atoms with E-state index >= 15 is 0 Å². The standard InChI is InChI=1S/C6H3ClN2O2/c7-5-2-1-4(8-10)3-6(5)9-11/h1-3H. The number of halogens is 1. The zero-order valence-corrected chi connectivity index (χ0v) is 6.08. The fourth-order valence-electron chi connectivity index (χ4n) is 0.628. The fraction of sp³-hybridized carbons (Fsp3) is 0. The Labute approximate surface area is 67.1 Å². The van der Waals surface area contributed by atoms with Gasteiger partial charge < -0.3 is 0 Å². The van der Waals surface area contributed by atoms with E-state index in [1.54, 1.807) is 0 Å². The average Bonchev–Trinajstić information content (AvgIpc) is 2.05. The minimum Gasteiger partial charge on any atom is -0.145 e. The Bertz CT molecular complexity index is 301. The van der Waals surface area contributed by atoms with Crippen molar-refractivity contribution in [3.63, 3.8) is 0 Å². The zero-order chi connectivity index (χ0) is 8.27. The third kappa shape index (κ3) is 1.59. The molecule has 11 heavy (non-hydrogen) atoms. The second-order valence-electron chi connectivity index (χ2n) is 1.82. The van der Waals surface area contributed by atoms with Crippen molar-refractivity contribution < 1.29 is 0 Å². The summed E-state index contributed by atoms with van der Waals surface area (Å²) in [6, 6.07) is 4.03. The van der Waals surface area contributed by atoms with Gasteiger partial charge in [-0.25, -0.2) is 0 Å². The van der Waals surface area contributed by atoms with E-state index in [0.29, 0.717) is 0 Å². The lowest BCUT2D eigenvalue weighted by Crippen LogP contribution is -1.66. The van der Waals surface area contributed by atoms with Crippen LogP contribution in [0.3, 0.4) is 0 Å². The van der Waals surface area contributed by atoms with Crippen LogP contribution in [0.25, 0.3) is 0 Å². The maximum absolute atomic E-state index is 10.0. The fourth-order valence-corrected chi connectivity index (χ4v) is 0.780. The van der Waals surface area contributed by atoms with Crippen LogP contribution in [0, 0.1) is 9.81 Å². The van der Waals surface area contributed by atoms with Crippen molar-refractivity contribution in [2.24, 2.45) is 10.4 Å². The maximum atomic E-state index is 10.0. The number of benzene rings is 1. The molecule has 0 aliphatic rings. The number of hydrogen-bond donors (Lipinski definition) is 0. The quantitative estimate of drug-likeness (QED) is 0.640. The highest BCUT2D eigenvalue weighted by atomic mass is 35.5. The molecule has 0 aromatic heterocycles. The van der Waals surface area contributed by atoms with E-state index in [1.165, 1.54) is 18.2 Å². The van der Waals surface area contributed by atoms with Crippen LogP contribution in [0.5, 0.6) is 0 Å². The van der Waals surface area contributed by atoms with Crippen molar-refractivity contribution in [3.8, 4) is 0 Å². The van der Waals surface area contributed by atoms with Crippen molar-refractivity contribution in [1.82, 2.24) is 0 Å². The van der Waals surface area contributed by atoms with Crippen LogP contribution in [0.2, 0.25) is 5.02 Å². The van der Waals surface area contributed by atoms with E-state index in [1.807, 2.05) is 0 Å². The van der Waals surface area contributed by atoms with E-state index in [-0.39, 0.29) is 16.4 Å². The molecule has 0 spiro atoms. The van der Waals surface area contributed by atoms with Crippen LogP contribution < -0.4 is 0 Å². The zero-order valence-electron chi connectivity index (χ0n) is 5.32. The van der Waals surface area contributed by atoms with Crippen molar-refractivity contribution in [1.29, 1.82) is 0 Å². The normalized spacial score (nSPS) is 9.18. The number of nitroso groups, excluding NO2 is 2. The summed E-state index contributed by atoms with van der Waals surface area (Å²) in [6.07, 6.45) is 0. The molecule has 0 heterocycles. The highest BCUT2D eigenvalue weighted by molar-refractivity contribution is 6.33. The Morgan fingerprint density at radius 1 is 1.18 bits per heavy atom. The monoisotopic (exact) mass is 170 g/mol. The van der Waals surface area contributed by atoms with Gasteiger partial charge in [0.05, 0.1) is 5.02 Å². The summed E-state index contributed by atoms with van der Waals surface area (Å²) in [6.45, 7) is 0. The second-order valence-corrected chi connectivity index (χ2v) is 2.23. The maximum Gasteiger partial charge on any atom is 0.128 e. The molecule has 0 atom stereocenters. The SMILES string of the molecule is O=Nc1ccc(Cl)c(N=O)c1. The molecule has 1 aromatic carbocycles. The molecular weight excluding hydrogens is 168 g/mol. The van der Waals surface area contributed by atoms with Crippen molar-refractivity contribution in [3.05, 3.63) is 33.0 Å². The first kappa shape index (κ1) is 7.81. The first-order valence-electron chi connectivity index (χ1n) is 2.74. The largest absolute Gasteiger partial charge is 0.145 e. The number of rotatable bonds is 2. The Kier molecular flexibility index (Phi) is 2.28. The van der Waals surface area contributed by atoms with Crippen molar-refractivity contribution in [2.75, 3.05) is 0 Å². The van der Waals surface area contributed by atoms with Gasteiger partial charge in [0.25, 0.3) is 0 Å². The summed E-state index contributed by atoms with van der Waals surface area (Å²) < 4.78 is 0. The molecule has 56 valence electrons. The van der Waals surface area contributed by atoms with Gasteiger partial charge in [-0.2, -0.15) is 0 Å². The minimum atomic E-state index is 0.0313. The number of hydrogen-bond acceptors (Lipinski definition) is 4. The van der Waals surface area contributed by atoms with Gasteiger partial charge in [0, 0.05) is 0 Å². The molecular formula is C6H3ClN2O2. The van der Waals surface area contributed by atoms with Gasteiger partial charge in [-0.05, 0) is 28.6 Å². The topological polar surface area (TPSA) is 58.9 Å². The molecule has 5 heteroatoms. The third-order valence-electron chi connectivity index (χ3n) is 1.13. The van der Waals surface area contributed by atoms with Gasteiger partial charge >= 0.3 is 0 Å². The molecule has 0 fully saturated rings. The summed E-state index contributed by atoms with van der Waals surface area (Å²) in [7, 11) is 0. The predicted molar refractivity (Wildman–Crippen MR) is 42.4 cm³/mol. The van der Waals surface area contributed by atoms with Gasteiger partial charge in [0.2, 0.25) is 0 Å². The van der Waals surface area contributed by atoms with E-state index in [2.05, 4.69) is 10.4 Å². The van der Waals surface area contributed by atoms with E-state index in [4.69, 9.17) is 11.6 Å². The van der Waals surface area contributed by atoms with Crippen molar-refractivity contribution in [2.45, 2.75) is 0 Å². The van der Waals surface area contributed by atoms with Gasteiger partial charge in [-0.3, -0.25) is 0 Å². The summed E-state index contributed by atoms with van der Waals surface area (Å²) in [5.74, 6) is 0. The molecule has 0 aliphatic heterocycles. The van der Waals surface area contributed by atoms with E-state index < -0.39 is 0 Å². The Balaban J connectivity index is 3.22. The molecule has 0 N–H and O–H groups in total. The lowest BCUT2D eigenvalue weighted by molar-refractivity contribution is 1.44. The van der Waals surface area contributed by atoms with E-state index in [9.17, 15) is 9.81 Å². The Morgan fingerprint density at radius 2 is 1.91 bits per heavy atom. The molecule has 0 bridgehead atoms. The summed E-state index contributed by atoms with van der Waals surface area (Å²) in [5, 5.41) is 5.43. The molecule has 0 saturated heterocycles. The molecule has 0 amide bonds.